The van der Waals surface area contributed by atoms with E-state index in [0.29, 0.717) is 12.5 Å². The number of aromatic nitrogens is 1. The topological polar surface area (TPSA) is 62.5 Å². The van der Waals surface area contributed by atoms with Crippen molar-refractivity contribution in [3.63, 3.8) is 0 Å². The van der Waals surface area contributed by atoms with Crippen molar-refractivity contribution in [2.75, 3.05) is 13.1 Å². The highest BCUT2D eigenvalue weighted by atomic mass is 19.1. The molecule has 140 valence electrons. The second kappa shape index (κ2) is 7.89. The summed E-state index contributed by atoms with van der Waals surface area (Å²) in [6, 6.07) is 8.86. The molecule has 0 atom stereocenters. The number of hydrogen-bond donors (Lipinski definition) is 2. The van der Waals surface area contributed by atoms with E-state index in [1.54, 1.807) is 12.1 Å². The Balaban J connectivity index is 1.63. The molecule has 1 saturated carbocycles. The van der Waals surface area contributed by atoms with Gasteiger partial charge in [-0.2, -0.15) is 0 Å². The Morgan fingerprint density at radius 3 is 2.73 bits per heavy atom. The van der Waals surface area contributed by atoms with Crippen molar-refractivity contribution in [2.24, 2.45) is 4.99 Å². The highest BCUT2D eigenvalue weighted by molar-refractivity contribution is 5.79. The molecule has 2 N–H and O–H groups in total. The minimum Gasteiger partial charge on any atom is -0.359 e. The summed E-state index contributed by atoms with van der Waals surface area (Å²) in [5.74, 6) is 1.64. The van der Waals surface area contributed by atoms with Gasteiger partial charge in [-0.3, -0.25) is 0 Å². The largest absolute Gasteiger partial charge is 0.359 e. The first-order chi connectivity index (χ1) is 12.5. The van der Waals surface area contributed by atoms with Gasteiger partial charge >= 0.3 is 0 Å². The number of nitrogens with one attached hydrogen (secondary N) is 2. The number of hydrogen-bond acceptors (Lipinski definition) is 3. The van der Waals surface area contributed by atoms with Gasteiger partial charge in [0.2, 0.25) is 0 Å². The first-order valence-electron chi connectivity index (χ1n) is 9.26. The molecule has 1 heterocycles. The van der Waals surface area contributed by atoms with Gasteiger partial charge in [-0.25, -0.2) is 9.38 Å². The van der Waals surface area contributed by atoms with E-state index in [0.717, 1.165) is 48.9 Å². The average Bonchev–Trinajstić information content (AvgIpc) is 3.26. The molecule has 0 bridgehead atoms. The standard InChI is InChI=1S/C20H27FN4O/c1-4-22-19(23-12-17-11-18(14(2)3)25-26-17)24-13-20(8-9-20)15-6-5-7-16(21)10-15/h5-7,10-11,14H,4,8-9,12-13H2,1-3H3,(H2,22,23,24). The molecule has 1 aliphatic carbocycles. The van der Waals surface area contributed by atoms with Crippen LogP contribution in [0.4, 0.5) is 4.39 Å². The van der Waals surface area contributed by atoms with E-state index in [9.17, 15) is 4.39 Å². The van der Waals surface area contributed by atoms with Crippen molar-refractivity contribution in [2.45, 2.75) is 51.5 Å². The van der Waals surface area contributed by atoms with Gasteiger partial charge in [0.1, 0.15) is 12.4 Å². The fraction of sp³-hybridized carbons (Fsp3) is 0.500. The maximum Gasteiger partial charge on any atom is 0.191 e. The summed E-state index contributed by atoms with van der Waals surface area (Å²) in [5, 5.41) is 10.7. The van der Waals surface area contributed by atoms with E-state index in [-0.39, 0.29) is 11.2 Å². The molecule has 1 aromatic heterocycles. The predicted molar refractivity (Wildman–Crippen MR) is 101 cm³/mol. The number of rotatable bonds is 7. The van der Waals surface area contributed by atoms with Gasteiger partial charge in [-0.1, -0.05) is 31.1 Å². The third kappa shape index (κ3) is 4.42. The van der Waals surface area contributed by atoms with E-state index < -0.39 is 0 Å². The first kappa shape index (κ1) is 18.4. The maximum absolute atomic E-state index is 13.5. The molecule has 5 nitrogen and oxygen atoms in total. The zero-order valence-electron chi connectivity index (χ0n) is 15.7. The smallest absolute Gasteiger partial charge is 0.191 e. The average molecular weight is 358 g/mol. The van der Waals surface area contributed by atoms with Crippen molar-refractivity contribution in [3.05, 3.63) is 53.2 Å². The van der Waals surface area contributed by atoms with Gasteiger partial charge in [-0.05, 0) is 43.4 Å². The van der Waals surface area contributed by atoms with E-state index in [2.05, 4.69) is 34.6 Å². The molecule has 0 saturated heterocycles. The Morgan fingerprint density at radius 1 is 1.31 bits per heavy atom. The van der Waals surface area contributed by atoms with Crippen LogP contribution in [0.3, 0.4) is 0 Å². The Kier molecular flexibility index (Phi) is 5.59. The van der Waals surface area contributed by atoms with Crippen LogP contribution >= 0.6 is 0 Å². The molecular formula is C20H27FN4O. The van der Waals surface area contributed by atoms with Gasteiger partial charge < -0.3 is 15.2 Å². The minimum absolute atomic E-state index is 0.00927. The Labute approximate surface area is 154 Å². The Hall–Kier alpha value is -2.37. The zero-order chi connectivity index (χ0) is 18.6. The number of halogens is 1. The molecule has 0 radical (unpaired) electrons. The fourth-order valence-electron chi connectivity index (χ4n) is 2.96. The van der Waals surface area contributed by atoms with Crippen LogP contribution in [0.25, 0.3) is 0 Å². The van der Waals surface area contributed by atoms with Gasteiger partial charge in [0, 0.05) is 24.6 Å². The zero-order valence-corrected chi connectivity index (χ0v) is 15.7. The van der Waals surface area contributed by atoms with E-state index in [1.807, 2.05) is 19.1 Å². The van der Waals surface area contributed by atoms with Crippen LogP contribution in [0, 0.1) is 5.82 Å². The van der Waals surface area contributed by atoms with Crippen LogP contribution in [-0.2, 0) is 12.0 Å². The Morgan fingerprint density at radius 2 is 2.12 bits per heavy atom. The van der Waals surface area contributed by atoms with Crippen molar-refractivity contribution in [3.8, 4) is 0 Å². The molecule has 1 aromatic carbocycles. The predicted octanol–water partition coefficient (Wildman–Crippen LogP) is 3.72. The molecule has 2 aromatic rings. The molecule has 0 unspecified atom stereocenters. The Bertz CT molecular complexity index is 765. The van der Waals surface area contributed by atoms with Crippen LogP contribution in [0.15, 0.2) is 39.8 Å². The molecule has 0 aliphatic heterocycles. The van der Waals surface area contributed by atoms with Crippen molar-refractivity contribution in [1.82, 2.24) is 15.8 Å². The van der Waals surface area contributed by atoms with E-state index >= 15 is 0 Å². The number of nitrogens with zero attached hydrogens (tertiary/aromatic N) is 2. The quantitative estimate of drug-likeness (QED) is 0.585. The lowest BCUT2D eigenvalue weighted by atomic mass is 9.96. The van der Waals surface area contributed by atoms with Gasteiger partial charge in [0.15, 0.2) is 11.7 Å². The lowest BCUT2D eigenvalue weighted by molar-refractivity contribution is 0.376. The fourth-order valence-corrected chi connectivity index (χ4v) is 2.96. The molecule has 6 heteroatoms. The summed E-state index contributed by atoms with van der Waals surface area (Å²) in [6.45, 7) is 8.13. The number of aliphatic imine (C=N–C) groups is 1. The summed E-state index contributed by atoms with van der Waals surface area (Å²) < 4.78 is 18.9. The second-order valence-electron chi connectivity index (χ2n) is 7.21. The SMILES string of the molecule is CCNC(=NCc1cc(C(C)C)no1)NCC1(c2cccc(F)c2)CC1. The van der Waals surface area contributed by atoms with Crippen LogP contribution in [0.2, 0.25) is 0 Å². The van der Waals surface area contributed by atoms with Crippen molar-refractivity contribution < 1.29 is 8.91 Å². The van der Waals surface area contributed by atoms with Crippen molar-refractivity contribution >= 4 is 5.96 Å². The highest BCUT2D eigenvalue weighted by Crippen LogP contribution is 2.47. The van der Waals surface area contributed by atoms with E-state index in [1.165, 1.54) is 6.07 Å². The first-order valence-corrected chi connectivity index (χ1v) is 9.26. The third-order valence-corrected chi connectivity index (χ3v) is 4.79. The second-order valence-corrected chi connectivity index (χ2v) is 7.21. The lowest BCUT2D eigenvalue weighted by Crippen LogP contribution is -2.41. The van der Waals surface area contributed by atoms with Gasteiger partial charge in [0.25, 0.3) is 0 Å². The summed E-state index contributed by atoms with van der Waals surface area (Å²) in [4.78, 5) is 4.59. The summed E-state index contributed by atoms with van der Waals surface area (Å²) in [5.41, 5.74) is 2.00. The van der Waals surface area contributed by atoms with Crippen LogP contribution in [0.5, 0.6) is 0 Å². The van der Waals surface area contributed by atoms with Gasteiger partial charge in [0.05, 0.1) is 5.69 Å². The van der Waals surface area contributed by atoms with Gasteiger partial charge in [-0.15, -0.1) is 0 Å². The van der Waals surface area contributed by atoms with Crippen LogP contribution in [-0.4, -0.2) is 24.2 Å². The van der Waals surface area contributed by atoms with Crippen LogP contribution < -0.4 is 10.6 Å². The molecule has 1 aliphatic rings. The molecule has 0 amide bonds. The van der Waals surface area contributed by atoms with E-state index in [4.69, 9.17) is 4.52 Å². The highest BCUT2D eigenvalue weighted by Gasteiger charge is 2.44. The molecule has 26 heavy (non-hydrogen) atoms. The number of benzene rings is 1. The normalized spacial score (nSPS) is 16.0. The molecule has 3 rings (SSSR count). The lowest BCUT2D eigenvalue weighted by Gasteiger charge is -2.19. The van der Waals surface area contributed by atoms with Crippen molar-refractivity contribution in [1.29, 1.82) is 0 Å². The molecular weight excluding hydrogens is 331 g/mol. The summed E-state index contributed by atoms with van der Waals surface area (Å²) in [7, 11) is 0. The number of guanidine groups is 1. The third-order valence-electron chi connectivity index (χ3n) is 4.79. The monoisotopic (exact) mass is 358 g/mol. The summed E-state index contributed by atoms with van der Waals surface area (Å²) >= 11 is 0. The molecule has 1 fully saturated rings. The minimum atomic E-state index is -0.180. The summed E-state index contributed by atoms with van der Waals surface area (Å²) in [6.07, 6.45) is 2.12. The maximum atomic E-state index is 13.5. The van der Waals surface area contributed by atoms with Crippen LogP contribution in [0.1, 0.15) is 56.5 Å². The molecule has 0 spiro atoms.